The van der Waals surface area contributed by atoms with Gasteiger partial charge in [0.25, 0.3) is 5.91 Å². The summed E-state index contributed by atoms with van der Waals surface area (Å²) in [7, 11) is 0. The molecule has 0 aromatic carbocycles. The van der Waals surface area contributed by atoms with Crippen molar-refractivity contribution in [2.75, 3.05) is 13.1 Å². The van der Waals surface area contributed by atoms with E-state index in [9.17, 15) is 4.79 Å². The van der Waals surface area contributed by atoms with Crippen LogP contribution in [0.15, 0.2) is 12.5 Å². The third-order valence-corrected chi connectivity index (χ3v) is 2.43. The summed E-state index contributed by atoms with van der Waals surface area (Å²) in [6.45, 7) is 3.90. The van der Waals surface area contributed by atoms with Crippen molar-refractivity contribution in [3.8, 4) is 0 Å². The van der Waals surface area contributed by atoms with Crippen LogP contribution in [-0.2, 0) is 0 Å². The van der Waals surface area contributed by atoms with E-state index in [-0.39, 0.29) is 5.91 Å². The first-order chi connectivity index (χ1) is 6.27. The molecule has 1 saturated heterocycles. The number of nitrogens with zero attached hydrogens (tertiary/aromatic N) is 2. The van der Waals surface area contributed by atoms with Gasteiger partial charge in [-0.25, -0.2) is 4.98 Å². The number of rotatable bonds is 1. The van der Waals surface area contributed by atoms with Crippen molar-refractivity contribution in [3.63, 3.8) is 0 Å². The van der Waals surface area contributed by atoms with Crippen LogP contribution in [0.5, 0.6) is 0 Å². The fourth-order valence-electron chi connectivity index (χ4n) is 1.66. The van der Waals surface area contributed by atoms with E-state index in [1.54, 1.807) is 6.20 Å². The first-order valence-electron chi connectivity index (χ1n) is 4.55. The van der Waals surface area contributed by atoms with Crippen LogP contribution in [0.4, 0.5) is 0 Å². The van der Waals surface area contributed by atoms with Crippen LogP contribution in [0.2, 0.25) is 0 Å². The fourth-order valence-corrected chi connectivity index (χ4v) is 1.66. The van der Waals surface area contributed by atoms with Gasteiger partial charge in [-0.05, 0) is 12.3 Å². The SMILES string of the molecule is C[C@@H]1CCN(C(=O)c2c[nH]cn2)C1. The largest absolute Gasteiger partial charge is 0.350 e. The predicted octanol–water partition coefficient (Wildman–Crippen LogP) is 0.892. The Hall–Kier alpha value is -1.32. The van der Waals surface area contributed by atoms with E-state index >= 15 is 0 Å². The van der Waals surface area contributed by atoms with E-state index in [0.29, 0.717) is 11.6 Å². The van der Waals surface area contributed by atoms with Crippen LogP contribution < -0.4 is 0 Å². The van der Waals surface area contributed by atoms with Gasteiger partial charge < -0.3 is 9.88 Å². The lowest BCUT2D eigenvalue weighted by Crippen LogP contribution is -2.28. The molecule has 1 aromatic rings. The summed E-state index contributed by atoms with van der Waals surface area (Å²) in [5.41, 5.74) is 0.522. The van der Waals surface area contributed by atoms with Gasteiger partial charge in [0.15, 0.2) is 0 Å². The minimum absolute atomic E-state index is 0.0469. The lowest BCUT2D eigenvalue weighted by atomic mass is 10.2. The van der Waals surface area contributed by atoms with Crippen molar-refractivity contribution in [1.82, 2.24) is 14.9 Å². The number of carbonyl (C=O) groups excluding carboxylic acids is 1. The highest BCUT2D eigenvalue weighted by molar-refractivity contribution is 5.92. The summed E-state index contributed by atoms with van der Waals surface area (Å²) >= 11 is 0. The summed E-state index contributed by atoms with van der Waals surface area (Å²) in [5.74, 6) is 0.675. The van der Waals surface area contributed by atoms with Crippen LogP contribution in [-0.4, -0.2) is 33.9 Å². The van der Waals surface area contributed by atoms with Gasteiger partial charge in [0.1, 0.15) is 5.69 Å². The standard InChI is InChI=1S/C9H13N3O/c1-7-2-3-12(5-7)9(13)8-4-10-6-11-8/h4,6-7H,2-3,5H2,1H3,(H,10,11)/t7-/m1/s1. The number of H-pyrrole nitrogens is 1. The molecule has 1 atom stereocenters. The second-order valence-corrected chi connectivity index (χ2v) is 3.60. The molecule has 1 aliphatic rings. The molecule has 70 valence electrons. The molecule has 0 bridgehead atoms. The number of hydrogen-bond acceptors (Lipinski definition) is 2. The zero-order valence-corrected chi connectivity index (χ0v) is 7.66. The molecule has 1 amide bonds. The Morgan fingerprint density at radius 1 is 1.77 bits per heavy atom. The molecule has 2 rings (SSSR count). The van der Waals surface area contributed by atoms with Crippen molar-refractivity contribution in [1.29, 1.82) is 0 Å². The molecule has 0 radical (unpaired) electrons. The van der Waals surface area contributed by atoms with Crippen molar-refractivity contribution >= 4 is 5.91 Å². The molecule has 1 aromatic heterocycles. The molecule has 4 heteroatoms. The predicted molar refractivity (Wildman–Crippen MR) is 48.3 cm³/mol. The van der Waals surface area contributed by atoms with Crippen molar-refractivity contribution < 1.29 is 4.79 Å². The average molecular weight is 179 g/mol. The second kappa shape index (κ2) is 3.20. The molecule has 0 spiro atoms. The minimum atomic E-state index is 0.0469. The number of aromatic amines is 1. The number of likely N-dealkylation sites (tertiary alicyclic amines) is 1. The highest BCUT2D eigenvalue weighted by Crippen LogP contribution is 2.16. The maximum atomic E-state index is 11.7. The molecule has 0 aliphatic carbocycles. The first kappa shape index (κ1) is 8.29. The lowest BCUT2D eigenvalue weighted by Gasteiger charge is -2.13. The molecular weight excluding hydrogens is 166 g/mol. The smallest absolute Gasteiger partial charge is 0.274 e. The Morgan fingerprint density at radius 2 is 2.62 bits per heavy atom. The highest BCUT2D eigenvalue weighted by Gasteiger charge is 2.24. The van der Waals surface area contributed by atoms with Gasteiger partial charge in [0.05, 0.1) is 6.33 Å². The van der Waals surface area contributed by atoms with Gasteiger partial charge in [-0.1, -0.05) is 6.92 Å². The zero-order valence-electron chi connectivity index (χ0n) is 7.66. The Kier molecular flexibility index (Phi) is 2.04. The van der Waals surface area contributed by atoms with E-state index in [4.69, 9.17) is 0 Å². The Morgan fingerprint density at radius 3 is 3.15 bits per heavy atom. The van der Waals surface area contributed by atoms with Gasteiger partial charge in [-0.2, -0.15) is 0 Å². The Labute approximate surface area is 77.0 Å². The van der Waals surface area contributed by atoms with Crippen molar-refractivity contribution in [2.45, 2.75) is 13.3 Å². The molecule has 1 N–H and O–H groups in total. The molecule has 4 nitrogen and oxygen atoms in total. The van der Waals surface area contributed by atoms with Crippen molar-refractivity contribution in [2.24, 2.45) is 5.92 Å². The number of hydrogen-bond donors (Lipinski definition) is 1. The van der Waals surface area contributed by atoms with Crippen molar-refractivity contribution in [3.05, 3.63) is 18.2 Å². The molecule has 2 heterocycles. The molecule has 1 fully saturated rings. The zero-order chi connectivity index (χ0) is 9.26. The van der Waals surface area contributed by atoms with E-state index in [1.165, 1.54) is 6.33 Å². The Bertz CT molecular complexity index is 294. The van der Waals surface area contributed by atoms with Crippen LogP contribution >= 0.6 is 0 Å². The fraction of sp³-hybridized carbons (Fsp3) is 0.556. The summed E-state index contributed by atoms with van der Waals surface area (Å²) in [6.07, 6.45) is 4.29. The van der Waals surface area contributed by atoms with Crippen LogP contribution in [0.1, 0.15) is 23.8 Å². The molecule has 1 aliphatic heterocycles. The van der Waals surface area contributed by atoms with Gasteiger partial charge in [-0.15, -0.1) is 0 Å². The summed E-state index contributed by atoms with van der Waals surface area (Å²) in [6, 6.07) is 0. The van der Waals surface area contributed by atoms with Gasteiger partial charge in [0, 0.05) is 19.3 Å². The van der Waals surface area contributed by atoms with Gasteiger partial charge >= 0.3 is 0 Å². The summed E-state index contributed by atoms with van der Waals surface area (Å²) in [5, 5.41) is 0. The van der Waals surface area contributed by atoms with E-state index < -0.39 is 0 Å². The van der Waals surface area contributed by atoms with Crippen LogP contribution in [0.25, 0.3) is 0 Å². The number of carbonyl (C=O) groups is 1. The normalized spacial score (nSPS) is 22.2. The third kappa shape index (κ3) is 1.56. The van der Waals surface area contributed by atoms with Crippen LogP contribution in [0, 0.1) is 5.92 Å². The first-order valence-corrected chi connectivity index (χ1v) is 4.55. The molecule has 13 heavy (non-hydrogen) atoms. The number of imidazole rings is 1. The summed E-state index contributed by atoms with van der Waals surface area (Å²) < 4.78 is 0. The number of amides is 1. The van der Waals surface area contributed by atoms with E-state index in [2.05, 4.69) is 16.9 Å². The summed E-state index contributed by atoms with van der Waals surface area (Å²) in [4.78, 5) is 20.3. The monoisotopic (exact) mass is 179 g/mol. The van der Waals surface area contributed by atoms with E-state index in [1.807, 2.05) is 4.90 Å². The lowest BCUT2D eigenvalue weighted by molar-refractivity contribution is 0.0783. The molecule has 0 saturated carbocycles. The van der Waals surface area contributed by atoms with E-state index in [0.717, 1.165) is 19.5 Å². The highest BCUT2D eigenvalue weighted by atomic mass is 16.2. The minimum Gasteiger partial charge on any atom is -0.350 e. The third-order valence-electron chi connectivity index (χ3n) is 2.43. The maximum Gasteiger partial charge on any atom is 0.274 e. The van der Waals surface area contributed by atoms with Gasteiger partial charge in [-0.3, -0.25) is 4.79 Å². The van der Waals surface area contributed by atoms with Crippen LogP contribution in [0.3, 0.4) is 0 Å². The Balaban J connectivity index is 2.06. The average Bonchev–Trinajstić information content (AvgIpc) is 2.72. The molecule has 0 unspecified atom stereocenters. The topological polar surface area (TPSA) is 49.0 Å². The maximum absolute atomic E-state index is 11.7. The number of nitrogens with one attached hydrogen (secondary N) is 1. The quantitative estimate of drug-likeness (QED) is 0.696. The van der Waals surface area contributed by atoms with Gasteiger partial charge in [0.2, 0.25) is 0 Å². The number of aromatic nitrogens is 2. The molecular formula is C9H13N3O. The second-order valence-electron chi connectivity index (χ2n) is 3.60.